The van der Waals surface area contributed by atoms with Crippen molar-refractivity contribution in [3.63, 3.8) is 0 Å². The summed E-state index contributed by atoms with van der Waals surface area (Å²) in [5.41, 5.74) is 2.88. The first-order valence-electron chi connectivity index (χ1n) is 9.69. The van der Waals surface area contributed by atoms with E-state index in [1.165, 1.54) is 23.1 Å². The Morgan fingerprint density at radius 1 is 1.36 bits per heavy atom. The van der Waals surface area contributed by atoms with Gasteiger partial charge in [-0.3, -0.25) is 9.36 Å². The molecule has 1 N–H and O–H groups in total. The van der Waals surface area contributed by atoms with Crippen LogP contribution in [0.3, 0.4) is 0 Å². The molecule has 1 fully saturated rings. The van der Waals surface area contributed by atoms with E-state index in [-0.39, 0.29) is 23.5 Å². The number of hydrogen-bond donors (Lipinski definition) is 1. The van der Waals surface area contributed by atoms with E-state index in [0.29, 0.717) is 16.7 Å². The van der Waals surface area contributed by atoms with Crippen molar-refractivity contribution in [3.8, 4) is 0 Å². The minimum Gasteiger partial charge on any atom is -0.376 e. The lowest BCUT2D eigenvalue weighted by Gasteiger charge is -2.24. The Bertz CT molecular complexity index is 918. The van der Waals surface area contributed by atoms with E-state index in [1.54, 1.807) is 0 Å². The molecule has 150 valence electrons. The number of rotatable bonds is 6. The maximum atomic E-state index is 12.7. The normalized spacial score (nSPS) is 18.8. The zero-order chi connectivity index (χ0) is 19.5. The van der Waals surface area contributed by atoms with Crippen molar-refractivity contribution in [2.75, 3.05) is 17.7 Å². The summed E-state index contributed by atoms with van der Waals surface area (Å²) in [6, 6.07) is 0. The number of aromatic nitrogens is 3. The number of ether oxygens (including phenoxy) is 1. The third kappa shape index (κ3) is 4.47. The highest BCUT2D eigenvalue weighted by Crippen LogP contribution is 2.29. The fourth-order valence-corrected chi connectivity index (χ4v) is 5.33. The molecule has 1 aliphatic carbocycles. The van der Waals surface area contributed by atoms with Crippen LogP contribution in [0.2, 0.25) is 0 Å². The van der Waals surface area contributed by atoms with Crippen LogP contribution in [0.25, 0.3) is 0 Å². The summed E-state index contributed by atoms with van der Waals surface area (Å²) in [7, 11) is 0. The first kappa shape index (κ1) is 19.6. The van der Waals surface area contributed by atoms with Crippen LogP contribution in [0.1, 0.15) is 42.6 Å². The minimum absolute atomic E-state index is 0.108. The molecule has 1 unspecified atom stereocenters. The van der Waals surface area contributed by atoms with Gasteiger partial charge in [-0.1, -0.05) is 11.8 Å². The monoisotopic (exact) mass is 420 g/mol. The van der Waals surface area contributed by atoms with Crippen molar-refractivity contribution in [1.29, 1.82) is 0 Å². The number of hydrogen-bond acceptors (Lipinski definition) is 7. The smallest absolute Gasteiger partial charge is 0.348 e. The van der Waals surface area contributed by atoms with Gasteiger partial charge < -0.3 is 10.1 Å². The predicted molar refractivity (Wildman–Crippen MR) is 110 cm³/mol. The zero-order valence-corrected chi connectivity index (χ0v) is 17.5. The molecule has 2 aliphatic rings. The number of nitrogens with one attached hydrogen (secondary N) is 1. The first-order chi connectivity index (χ1) is 13.6. The number of fused-ring (bicyclic) bond motifs is 1. The van der Waals surface area contributed by atoms with Crippen LogP contribution in [0.15, 0.2) is 15.2 Å². The van der Waals surface area contributed by atoms with Crippen LogP contribution in [-0.4, -0.2) is 38.9 Å². The lowest BCUT2D eigenvalue weighted by molar-refractivity contribution is -0.113. The Balaban J connectivity index is 1.49. The molecule has 0 radical (unpaired) electrons. The number of anilines is 1. The van der Waals surface area contributed by atoms with Crippen molar-refractivity contribution in [2.45, 2.75) is 63.1 Å². The quantitative estimate of drug-likeness (QED) is 0.571. The molecule has 28 heavy (non-hydrogen) atoms. The van der Waals surface area contributed by atoms with Crippen molar-refractivity contribution in [2.24, 2.45) is 0 Å². The summed E-state index contributed by atoms with van der Waals surface area (Å²) >= 11 is 2.75. The number of carbonyl (C=O) groups is 1. The average molecular weight is 421 g/mol. The Kier molecular flexibility index (Phi) is 6.13. The lowest BCUT2D eigenvalue weighted by Crippen LogP contribution is -2.34. The molecule has 0 bridgehead atoms. The van der Waals surface area contributed by atoms with Gasteiger partial charge in [-0.25, -0.2) is 9.78 Å². The predicted octanol–water partition coefficient (Wildman–Crippen LogP) is 2.80. The first-order valence-corrected chi connectivity index (χ1v) is 11.6. The van der Waals surface area contributed by atoms with Crippen LogP contribution in [-0.2, 0) is 28.9 Å². The average Bonchev–Trinajstić information content (AvgIpc) is 3.34. The maximum absolute atomic E-state index is 12.7. The lowest BCUT2D eigenvalue weighted by atomic mass is 9.97. The van der Waals surface area contributed by atoms with Crippen LogP contribution >= 0.6 is 23.1 Å². The standard InChI is InChI=1S/C19H24N4O3S2/c1-12-10-28-18(20-12)21-16(24)11-27-17-14-6-2-3-7-15(14)23(19(25)22-17)9-13-5-4-8-26-13/h10,13H,2-9,11H2,1H3,(H,20,21,24). The van der Waals surface area contributed by atoms with E-state index in [9.17, 15) is 9.59 Å². The van der Waals surface area contributed by atoms with Crippen LogP contribution in [0.4, 0.5) is 5.13 Å². The van der Waals surface area contributed by atoms with E-state index in [0.717, 1.165) is 62.1 Å². The summed E-state index contributed by atoms with van der Waals surface area (Å²) < 4.78 is 7.53. The van der Waals surface area contributed by atoms with Crippen LogP contribution < -0.4 is 11.0 Å². The molecule has 1 amide bonds. The number of thioether (sulfide) groups is 1. The number of thiazole rings is 1. The molecule has 3 heterocycles. The van der Waals surface area contributed by atoms with E-state index >= 15 is 0 Å². The summed E-state index contributed by atoms with van der Waals surface area (Å²) in [5.74, 6) is 0.0852. The molecule has 7 nitrogen and oxygen atoms in total. The van der Waals surface area contributed by atoms with E-state index in [4.69, 9.17) is 4.74 Å². The van der Waals surface area contributed by atoms with E-state index in [1.807, 2.05) is 16.9 Å². The van der Waals surface area contributed by atoms with Gasteiger partial charge >= 0.3 is 5.69 Å². The molecular formula is C19H24N4O3S2. The fraction of sp³-hybridized carbons (Fsp3) is 0.579. The second-order valence-corrected chi connectivity index (χ2v) is 9.03. The third-order valence-corrected chi connectivity index (χ3v) is 6.96. The summed E-state index contributed by atoms with van der Waals surface area (Å²) in [6.07, 6.45) is 6.12. The van der Waals surface area contributed by atoms with Gasteiger partial charge in [0.1, 0.15) is 5.03 Å². The van der Waals surface area contributed by atoms with Crippen molar-refractivity contribution >= 4 is 34.1 Å². The number of aryl methyl sites for hydroxylation is 1. The third-order valence-electron chi connectivity index (χ3n) is 5.07. The van der Waals surface area contributed by atoms with E-state index < -0.39 is 0 Å². The SMILES string of the molecule is Cc1csc(NC(=O)CSc2nc(=O)n(CC3CCCO3)c3c2CCCC3)n1. The second kappa shape index (κ2) is 8.75. The summed E-state index contributed by atoms with van der Waals surface area (Å²) in [4.78, 5) is 33.5. The van der Waals surface area contributed by atoms with Crippen molar-refractivity contribution in [1.82, 2.24) is 14.5 Å². The highest BCUT2D eigenvalue weighted by atomic mass is 32.2. The second-order valence-electron chi connectivity index (χ2n) is 7.21. The van der Waals surface area contributed by atoms with Crippen molar-refractivity contribution in [3.05, 3.63) is 32.8 Å². The molecule has 0 saturated carbocycles. The Labute approximate surface area is 171 Å². The van der Waals surface area contributed by atoms with Gasteiger partial charge in [0.05, 0.1) is 24.1 Å². The van der Waals surface area contributed by atoms with Gasteiger partial charge in [-0.15, -0.1) is 11.3 Å². The Morgan fingerprint density at radius 3 is 2.96 bits per heavy atom. The highest BCUT2D eigenvalue weighted by molar-refractivity contribution is 8.00. The van der Waals surface area contributed by atoms with Gasteiger partial charge in [0, 0.05) is 23.2 Å². The molecule has 2 aromatic heterocycles. The molecule has 1 atom stereocenters. The molecule has 2 aromatic rings. The van der Waals surface area contributed by atoms with Crippen LogP contribution in [0.5, 0.6) is 0 Å². The summed E-state index contributed by atoms with van der Waals surface area (Å²) in [5, 5.41) is 6.01. The molecule has 1 aliphatic heterocycles. The molecule has 1 saturated heterocycles. The number of amides is 1. The fourth-order valence-electron chi connectivity index (χ4n) is 3.75. The maximum Gasteiger partial charge on any atom is 0.348 e. The van der Waals surface area contributed by atoms with Gasteiger partial charge in [0.25, 0.3) is 0 Å². The van der Waals surface area contributed by atoms with Crippen LogP contribution in [0, 0.1) is 6.92 Å². The zero-order valence-electron chi connectivity index (χ0n) is 15.9. The molecule has 0 aromatic carbocycles. The van der Waals surface area contributed by atoms with E-state index in [2.05, 4.69) is 15.3 Å². The minimum atomic E-state index is -0.227. The number of nitrogens with zero attached hydrogens (tertiary/aromatic N) is 3. The molecule has 9 heteroatoms. The topological polar surface area (TPSA) is 86.1 Å². The Hall–Kier alpha value is -1.71. The number of carbonyl (C=O) groups excluding carboxylic acids is 1. The largest absolute Gasteiger partial charge is 0.376 e. The van der Waals surface area contributed by atoms with Gasteiger partial charge in [-0.05, 0) is 45.4 Å². The van der Waals surface area contributed by atoms with Gasteiger partial charge in [0.2, 0.25) is 5.91 Å². The highest BCUT2D eigenvalue weighted by Gasteiger charge is 2.24. The molecule has 0 spiro atoms. The van der Waals surface area contributed by atoms with Gasteiger partial charge in [0.15, 0.2) is 5.13 Å². The van der Waals surface area contributed by atoms with Crippen molar-refractivity contribution < 1.29 is 9.53 Å². The summed E-state index contributed by atoms with van der Waals surface area (Å²) in [6.45, 7) is 3.25. The Morgan fingerprint density at radius 2 is 2.21 bits per heavy atom. The molecular weight excluding hydrogens is 396 g/mol. The molecule has 4 rings (SSSR count). The van der Waals surface area contributed by atoms with Gasteiger partial charge in [-0.2, -0.15) is 4.98 Å².